The van der Waals surface area contributed by atoms with Crippen LogP contribution in [0.5, 0.6) is 0 Å². The monoisotopic (exact) mass is 371 g/mol. The molecule has 1 aromatic rings. The van der Waals surface area contributed by atoms with Gasteiger partial charge in [0.1, 0.15) is 0 Å². The van der Waals surface area contributed by atoms with Crippen molar-refractivity contribution in [2.24, 2.45) is 11.8 Å². The zero-order valence-electron chi connectivity index (χ0n) is 16.0. The molecule has 0 unspecified atom stereocenters. The predicted octanol–water partition coefficient (Wildman–Crippen LogP) is 2.32. The van der Waals surface area contributed by atoms with E-state index in [9.17, 15) is 13.5 Å². The molecule has 0 spiro atoms. The highest BCUT2D eigenvalue weighted by atomic mass is 32.2. The number of aliphatic hydroxyl groups excluding tert-OH is 1. The highest BCUT2D eigenvalue weighted by Crippen LogP contribution is 2.22. The number of nitrogens with zero attached hydrogens (tertiary/aromatic N) is 3. The summed E-state index contributed by atoms with van der Waals surface area (Å²) in [7, 11) is -3.40. The van der Waals surface area contributed by atoms with Crippen molar-refractivity contribution >= 4 is 9.84 Å². The second-order valence-electron chi connectivity index (χ2n) is 7.89. The molecule has 1 atom stereocenters. The van der Waals surface area contributed by atoms with Crippen LogP contribution in [0.25, 0.3) is 0 Å². The molecule has 0 amide bonds. The first-order valence-electron chi connectivity index (χ1n) is 9.37. The molecular weight excluding hydrogens is 338 g/mol. The van der Waals surface area contributed by atoms with Crippen LogP contribution in [-0.2, 0) is 22.9 Å². The minimum Gasteiger partial charge on any atom is -0.396 e. The number of aromatic nitrogens is 2. The minimum absolute atomic E-state index is 0.203. The van der Waals surface area contributed by atoms with Crippen LogP contribution in [-0.4, -0.2) is 52.9 Å². The molecule has 0 aromatic carbocycles. The fourth-order valence-corrected chi connectivity index (χ4v) is 4.39. The zero-order valence-corrected chi connectivity index (χ0v) is 16.8. The summed E-state index contributed by atoms with van der Waals surface area (Å²) in [5.74, 6) is 0.818. The molecule has 0 saturated carbocycles. The SMILES string of the molecule is CC(C)CCn1c(CN2CCC[C@H](CO)C2)cnc1S(=O)(=O)C(C)C. The molecule has 7 heteroatoms. The molecule has 144 valence electrons. The Hall–Kier alpha value is -0.920. The number of hydrogen-bond donors (Lipinski definition) is 1. The van der Waals surface area contributed by atoms with Gasteiger partial charge in [0.25, 0.3) is 0 Å². The Morgan fingerprint density at radius 1 is 1.32 bits per heavy atom. The quantitative estimate of drug-likeness (QED) is 0.759. The first kappa shape index (κ1) is 20.4. The maximum atomic E-state index is 12.7. The molecule has 1 aromatic heterocycles. The molecule has 0 bridgehead atoms. The van der Waals surface area contributed by atoms with Gasteiger partial charge in [0.05, 0.1) is 17.1 Å². The van der Waals surface area contributed by atoms with Crippen LogP contribution < -0.4 is 0 Å². The molecule has 25 heavy (non-hydrogen) atoms. The van der Waals surface area contributed by atoms with Gasteiger partial charge in [-0.3, -0.25) is 4.90 Å². The van der Waals surface area contributed by atoms with Crippen molar-refractivity contribution in [2.45, 2.75) is 70.5 Å². The molecule has 0 aliphatic carbocycles. The number of aliphatic hydroxyl groups is 1. The second kappa shape index (κ2) is 8.64. The molecule has 1 fully saturated rings. The Labute approximate surface area is 152 Å². The van der Waals surface area contributed by atoms with Gasteiger partial charge < -0.3 is 9.67 Å². The fourth-order valence-electron chi connectivity index (χ4n) is 3.26. The Morgan fingerprint density at radius 3 is 2.64 bits per heavy atom. The van der Waals surface area contributed by atoms with Gasteiger partial charge in [0, 0.05) is 26.2 Å². The van der Waals surface area contributed by atoms with E-state index in [1.165, 1.54) is 0 Å². The van der Waals surface area contributed by atoms with Crippen LogP contribution in [0.1, 0.15) is 52.7 Å². The van der Waals surface area contributed by atoms with Gasteiger partial charge in [-0.1, -0.05) is 13.8 Å². The maximum absolute atomic E-state index is 12.7. The highest BCUT2D eigenvalue weighted by molar-refractivity contribution is 7.91. The molecule has 6 nitrogen and oxygen atoms in total. The van der Waals surface area contributed by atoms with Crippen LogP contribution in [0.15, 0.2) is 11.4 Å². The summed E-state index contributed by atoms with van der Waals surface area (Å²) in [5.41, 5.74) is 0.957. The number of sulfone groups is 1. The number of piperidine rings is 1. The van der Waals surface area contributed by atoms with Crippen molar-refractivity contribution in [3.05, 3.63) is 11.9 Å². The first-order chi connectivity index (χ1) is 11.8. The van der Waals surface area contributed by atoms with E-state index < -0.39 is 15.1 Å². The largest absolute Gasteiger partial charge is 0.396 e. The van der Waals surface area contributed by atoms with Gasteiger partial charge >= 0.3 is 0 Å². The van der Waals surface area contributed by atoms with E-state index in [0.29, 0.717) is 24.9 Å². The van der Waals surface area contributed by atoms with Crippen molar-refractivity contribution in [3.63, 3.8) is 0 Å². The van der Waals surface area contributed by atoms with Crippen LogP contribution in [0.2, 0.25) is 0 Å². The number of likely N-dealkylation sites (tertiary alicyclic amines) is 1. The summed E-state index contributed by atoms with van der Waals surface area (Å²) >= 11 is 0. The van der Waals surface area contributed by atoms with E-state index in [1.54, 1.807) is 20.0 Å². The zero-order chi connectivity index (χ0) is 18.6. The lowest BCUT2D eigenvalue weighted by Gasteiger charge is -2.32. The van der Waals surface area contributed by atoms with E-state index >= 15 is 0 Å². The Balaban J connectivity index is 2.26. The number of hydrogen-bond acceptors (Lipinski definition) is 5. The second-order valence-corrected chi connectivity index (χ2v) is 10.3. The van der Waals surface area contributed by atoms with Crippen molar-refractivity contribution in [2.75, 3.05) is 19.7 Å². The molecule has 1 saturated heterocycles. The minimum atomic E-state index is -3.40. The van der Waals surface area contributed by atoms with Gasteiger partial charge in [-0.05, 0) is 51.5 Å². The summed E-state index contributed by atoms with van der Waals surface area (Å²) in [4.78, 5) is 6.60. The third-order valence-electron chi connectivity index (χ3n) is 4.95. The Morgan fingerprint density at radius 2 is 2.04 bits per heavy atom. The predicted molar refractivity (Wildman–Crippen MR) is 99.1 cm³/mol. The lowest BCUT2D eigenvalue weighted by molar-refractivity contribution is 0.114. The third kappa shape index (κ3) is 5.05. The van der Waals surface area contributed by atoms with E-state index in [4.69, 9.17) is 0 Å². The molecule has 2 rings (SSSR count). The summed E-state index contributed by atoms with van der Waals surface area (Å²) < 4.78 is 27.2. The normalized spacial score (nSPS) is 19.9. The Bertz CT molecular complexity index is 653. The van der Waals surface area contributed by atoms with E-state index in [-0.39, 0.29) is 11.8 Å². The van der Waals surface area contributed by atoms with Crippen molar-refractivity contribution in [1.82, 2.24) is 14.5 Å². The van der Waals surface area contributed by atoms with E-state index in [2.05, 4.69) is 23.7 Å². The van der Waals surface area contributed by atoms with Gasteiger partial charge in [-0.2, -0.15) is 0 Å². The van der Waals surface area contributed by atoms with Crippen molar-refractivity contribution < 1.29 is 13.5 Å². The average Bonchev–Trinajstić information content (AvgIpc) is 2.96. The van der Waals surface area contributed by atoms with E-state index in [1.807, 2.05) is 4.57 Å². The molecule has 1 aliphatic rings. The van der Waals surface area contributed by atoms with Crippen LogP contribution in [0.3, 0.4) is 0 Å². The lowest BCUT2D eigenvalue weighted by Crippen LogP contribution is -2.37. The molecule has 2 heterocycles. The average molecular weight is 372 g/mol. The molecule has 1 aliphatic heterocycles. The van der Waals surface area contributed by atoms with Gasteiger partial charge in [-0.15, -0.1) is 0 Å². The van der Waals surface area contributed by atoms with Crippen LogP contribution in [0, 0.1) is 11.8 Å². The number of imidazole rings is 1. The van der Waals surface area contributed by atoms with Gasteiger partial charge in [-0.25, -0.2) is 13.4 Å². The van der Waals surface area contributed by atoms with Crippen molar-refractivity contribution in [3.8, 4) is 0 Å². The van der Waals surface area contributed by atoms with Crippen LogP contribution >= 0.6 is 0 Å². The smallest absolute Gasteiger partial charge is 0.228 e. The lowest BCUT2D eigenvalue weighted by atomic mass is 9.99. The third-order valence-corrected chi connectivity index (χ3v) is 7.03. The maximum Gasteiger partial charge on any atom is 0.228 e. The van der Waals surface area contributed by atoms with E-state index in [0.717, 1.165) is 38.0 Å². The topological polar surface area (TPSA) is 75.4 Å². The summed E-state index contributed by atoms with van der Waals surface area (Å²) in [5, 5.41) is 9.15. The molecule has 1 N–H and O–H groups in total. The first-order valence-corrected chi connectivity index (χ1v) is 10.9. The molecular formula is C18H33N3O3S. The van der Waals surface area contributed by atoms with Gasteiger partial charge in [0.2, 0.25) is 15.0 Å². The molecule has 0 radical (unpaired) electrons. The summed E-state index contributed by atoms with van der Waals surface area (Å²) in [6.45, 7) is 11.1. The summed E-state index contributed by atoms with van der Waals surface area (Å²) in [6, 6.07) is 0. The van der Waals surface area contributed by atoms with Crippen molar-refractivity contribution in [1.29, 1.82) is 0 Å². The van der Waals surface area contributed by atoms with Gasteiger partial charge in [0.15, 0.2) is 0 Å². The standard InChI is InChI=1S/C18H33N3O3S/c1-14(2)7-9-21-17(10-19-18(21)25(23,24)15(3)4)12-20-8-5-6-16(11-20)13-22/h10,14-16,22H,5-9,11-13H2,1-4H3/t16-/m0/s1. The number of rotatable bonds is 8. The fraction of sp³-hybridized carbons (Fsp3) is 0.833. The summed E-state index contributed by atoms with van der Waals surface area (Å²) in [6.07, 6.45) is 4.77. The highest BCUT2D eigenvalue weighted by Gasteiger charge is 2.28. The Kier molecular flexibility index (Phi) is 7.05. The van der Waals surface area contributed by atoms with Crippen LogP contribution in [0.4, 0.5) is 0 Å².